The summed E-state index contributed by atoms with van der Waals surface area (Å²) >= 11 is 6.03. The molecule has 1 unspecified atom stereocenters. The van der Waals surface area contributed by atoms with Gasteiger partial charge in [-0.3, -0.25) is 0 Å². The van der Waals surface area contributed by atoms with Gasteiger partial charge < -0.3 is 20.3 Å². The van der Waals surface area contributed by atoms with Gasteiger partial charge in [0.15, 0.2) is 0 Å². The molecule has 3 N–H and O–H groups in total. The zero-order valence-electron chi connectivity index (χ0n) is 12.2. The Labute approximate surface area is 131 Å². The number of nitrogens with one attached hydrogen (secondary N) is 1. The molecule has 0 aliphatic heterocycles. The molecule has 1 aliphatic rings. The van der Waals surface area contributed by atoms with Crippen molar-refractivity contribution >= 4 is 11.6 Å². The van der Waals surface area contributed by atoms with Gasteiger partial charge in [-0.2, -0.15) is 0 Å². The molecule has 4 nitrogen and oxygen atoms in total. The Kier molecular flexibility index (Phi) is 6.45. The summed E-state index contributed by atoms with van der Waals surface area (Å²) in [5, 5.41) is 23.8. The minimum absolute atomic E-state index is 0.247. The largest absolute Gasteiger partial charge is 0.389 e. The fourth-order valence-corrected chi connectivity index (χ4v) is 2.85. The number of aliphatic hydroxyl groups is 2. The normalized spacial score (nSPS) is 18.8. The number of benzene rings is 1. The Hall–Kier alpha value is -0.650. The van der Waals surface area contributed by atoms with Crippen LogP contribution in [0.25, 0.3) is 0 Å². The average Bonchev–Trinajstić information content (AvgIpc) is 2.88. The van der Waals surface area contributed by atoms with Crippen molar-refractivity contribution in [3.63, 3.8) is 0 Å². The van der Waals surface area contributed by atoms with Crippen molar-refractivity contribution < 1.29 is 14.9 Å². The van der Waals surface area contributed by atoms with Crippen molar-refractivity contribution in [2.24, 2.45) is 0 Å². The standard InChI is InChI=1S/C16H24ClNO3/c17-15-6-2-1-5-13(15)10-21-11-14(19)9-18-12-16(20)7-3-4-8-16/h1-2,5-6,14,18-20H,3-4,7-12H2. The highest BCUT2D eigenvalue weighted by molar-refractivity contribution is 6.31. The van der Waals surface area contributed by atoms with E-state index in [2.05, 4.69) is 5.32 Å². The van der Waals surface area contributed by atoms with Crippen LogP contribution in [0, 0.1) is 0 Å². The second-order valence-electron chi connectivity index (χ2n) is 5.82. The maximum absolute atomic E-state index is 10.2. The molecule has 1 atom stereocenters. The molecule has 0 heterocycles. The molecule has 1 aliphatic carbocycles. The number of halogens is 1. The first kappa shape index (κ1) is 16.7. The summed E-state index contributed by atoms with van der Waals surface area (Å²) in [5.41, 5.74) is 0.331. The lowest BCUT2D eigenvalue weighted by Crippen LogP contribution is -2.41. The first-order valence-electron chi connectivity index (χ1n) is 7.51. The monoisotopic (exact) mass is 313 g/mol. The molecule has 0 radical (unpaired) electrons. The molecule has 1 aromatic carbocycles. The number of hydrogen-bond acceptors (Lipinski definition) is 4. The first-order valence-corrected chi connectivity index (χ1v) is 7.89. The molecule has 0 spiro atoms. The highest BCUT2D eigenvalue weighted by Gasteiger charge is 2.30. The predicted octanol–water partition coefficient (Wildman–Crippen LogP) is 2.11. The lowest BCUT2D eigenvalue weighted by atomic mass is 10.0. The Morgan fingerprint density at radius 2 is 2.00 bits per heavy atom. The first-order chi connectivity index (χ1) is 10.1. The van der Waals surface area contributed by atoms with E-state index in [4.69, 9.17) is 16.3 Å². The summed E-state index contributed by atoms with van der Waals surface area (Å²) in [4.78, 5) is 0. The van der Waals surface area contributed by atoms with Crippen molar-refractivity contribution in [1.82, 2.24) is 5.32 Å². The van der Waals surface area contributed by atoms with Gasteiger partial charge >= 0.3 is 0 Å². The van der Waals surface area contributed by atoms with E-state index in [0.29, 0.717) is 24.7 Å². The average molecular weight is 314 g/mol. The quantitative estimate of drug-likeness (QED) is 0.688. The van der Waals surface area contributed by atoms with E-state index in [9.17, 15) is 10.2 Å². The van der Waals surface area contributed by atoms with Crippen molar-refractivity contribution in [3.8, 4) is 0 Å². The molecule has 2 rings (SSSR count). The molecule has 21 heavy (non-hydrogen) atoms. The van der Waals surface area contributed by atoms with Gasteiger partial charge in [-0.05, 0) is 24.5 Å². The maximum Gasteiger partial charge on any atom is 0.0897 e. The third-order valence-electron chi connectivity index (χ3n) is 3.89. The van der Waals surface area contributed by atoms with Gasteiger partial charge in [0.2, 0.25) is 0 Å². The molecule has 1 fully saturated rings. The molecule has 118 valence electrons. The van der Waals surface area contributed by atoms with Crippen molar-refractivity contribution in [2.75, 3.05) is 19.7 Å². The zero-order valence-corrected chi connectivity index (χ0v) is 13.0. The minimum atomic E-state index is -0.586. The van der Waals surface area contributed by atoms with Crippen LogP contribution in [0.5, 0.6) is 0 Å². The third-order valence-corrected chi connectivity index (χ3v) is 4.26. The molecule has 1 aromatic rings. The predicted molar refractivity (Wildman–Crippen MR) is 83.4 cm³/mol. The Morgan fingerprint density at radius 3 is 2.71 bits per heavy atom. The van der Waals surface area contributed by atoms with Crippen molar-refractivity contribution in [2.45, 2.75) is 44.0 Å². The zero-order chi connectivity index (χ0) is 15.1. The van der Waals surface area contributed by atoms with E-state index in [0.717, 1.165) is 31.2 Å². The SMILES string of the molecule is OC(CNCC1(O)CCCC1)COCc1ccccc1Cl. The van der Waals surface area contributed by atoms with Crippen LogP contribution >= 0.6 is 11.6 Å². The van der Waals surface area contributed by atoms with Crippen molar-refractivity contribution in [1.29, 1.82) is 0 Å². The Balaban J connectivity index is 1.59. The second kappa shape index (κ2) is 8.11. The van der Waals surface area contributed by atoms with E-state index in [1.807, 2.05) is 24.3 Å². The third kappa shape index (κ3) is 5.57. The van der Waals surface area contributed by atoms with Crippen LogP contribution in [0.4, 0.5) is 0 Å². The van der Waals surface area contributed by atoms with Gasteiger partial charge in [0.25, 0.3) is 0 Å². The molecule has 0 saturated heterocycles. The Morgan fingerprint density at radius 1 is 1.29 bits per heavy atom. The molecule has 1 saturated carbocycles. The lowest BCUT2D eigenvalue weighted by Gasteiger charge is -2.23. The minimum Gasteiger partial charge on any atom is -0.389 e. The molecule has 5 heteroatoms. The van der Waals surface area contributed by atoms with Gasteiger partial charge in [0, 0.05) is 18.1 Å². The summed E-state index contributed by atoms with van der Waals surface area (Å²) in [7, 11) is 0. The molecular formula is C16H24ClNO3. The van der Waals surface area contributed by atoms with Gasteiger partial charge in [0.05, 0.1) is 24.9 Å². The van der Waals surface area contributed by atoms with E-state index in [-0.39, 0.29) is 6.61 Å². The summed E-state index contributed by atoms with van der Waals surface area (Å²) in [6.07, 6.45) is 3.28. The van der Waals surface area contributed by atoms with E-state index < -0.39 is 11.7 Å². The van der Waals surface area contributed by atoms with E-state index in [1.54, 1.807) is 0 Å². The van der Waals surface area contributed by atoms with Crippen molar-refractivity contribution in [3.05, 3.63) is 34.9 Å². The highest BCUT2D eigenvalue weighted by atomic mass is 35.5. The fourth-order valence-electron chi connectivity index (χ4n) is 2.66. The Bertz CT molecular complexity index is 435. The fraction of sp³-hybridized carbons (Fsp3) is 0.625. The summed E-state index contributed by atoms with van der Waals surface area (Å²) < 4.78 is 5.47. The number of hydrogen-bond donors (Lipinski definition) is 3. The summed E-state index contributed by atoms with van der Waals surface area (Å²) in [5.74, 6) is 0. The number of aliphatic hydroxyl groups excluding tert-OH is 1. The van der Waals surface area contributed by atoms with E-state index >= 15 is 0 Å². The van der Waals surface area contributed by atoms with Gasteiger partial charge in [-0.1, -0.05) is 42.6 Å². The summed E-state index contributed by atoms with van der Waals surface area (Å²) in [6.45, 7) is 1.59. The van der Waals surface area contributed by atoms with Crippen LogP contribution in [0.2, 0.25) is 5.02 Å². The van der Waals surface area contributed by atoms with Crippen LogP contribution in [-0.4, -0.2) is 41.6 Å². The van der Waals surface area contributed by atoms with Crippen LogP contribution in [-0.2, 0) is 11.3 Å². The number of ether oxygens (including phenoxy) is 1. The highest BCUT2D eigenvalue weighted by Crippen LogP contribution is 2.28. The van der Waals surface area contributed by atoms with Gasteiger partial charge in [-0.15, -0.1) is 0 Å². The van der Waals surface area contributed by atoms with Crippen LogP contribution in [0.15, 0.2) is 24.3 Å². The van der Waals surface area contributed by atoms with Crippen LogP contribution in [0.3, 0.4) is 0 Å². The maximum atomic E-state index is 10.2. The van der Waals surface area contributed by atoms with Gasteiger partial charge in [0.1, 0.15) is 0 Å². The molecule has 0 amide bonds. The lowest BCUT2D eigenvalue weighted by molar-refractivity contribution is 0.0181. The summed E-state index contributed by atoms with van der Waals surface area (Å²) in [6, 6.07) is 7.51. The van der Waals surface area contributed by atoms with Crippen LogP contribution in [0.1, 0.15) is 31.2 Å². The van der Waals surface area contributed by atoms with Crippen LogP contribution < -0.4 is 5.32 Å². The number of rotatable bonds is 8. The smallest absolute Gasteiger partial charge is 0.0897 e. The molecule has 0 aromatic heterocycles. The van der Waals surface area contributed by atoms with Gasteiger partial charge in [-0.25, -0.2) is 0 Å². The second-order valence-corrected chi connectivity index (χ2v) is 6.23. The van der Waals surface area contributed by atoms with E-state index in [1.165, 1.54) is 0 Å². The molecular weight excluding hydrogens is 290 g/mol. The molecule has 0 bridgehead atoms. The topological polar surface area (TPSA) is 61.7 Å².